The van der Waals surface area contributed by atoms with Crippen molar-refractivity contribution in [3.63, 3.8) is 0 Å². The van der Waals surface area contributed by atoms with Gasteiger partial charge in [-0.3, -0.25) is 0 Å². The van der Waals surface area contributed by atoms with Gasteiger partial charge in [-0.15, -0.1) is 13.2 Å². The molecule has 0 N–H and O–H groups in total. The maximum Gasteiger partial charge on any atom is 0.0395 e. The molecular formula is C14H23N. The maximum atomic E-state index is 3.00. The summed E-state index contributed by atoms with van der Waals surface area (Å²) in [4.78, 5) is 2.30. The quantitative estimate of drug-likeness (QED) is 0.661. The van der Waals surface area contributed by atoms with Gasteiger partial charge in [0.1, 0.15) is 0 Å². The van der Waals surface area contributed by atoms with E-state index in [0.29, 0.717) is 6.04 Å². The van der Waals surface area contributed by atoms with E-state index < -0.39 is 0 Å². The highest BCUT2D eigenvalue weighted by Crippen LogP contribution is 2.21. The van der Waals surface area contributed by atoms with Gasteiger partial charge in [-0.25, -0.2) is 0 Å². The van der Waals surface area contributed by atoms with Crippen LogP contribution in [0.25, 0.3) is 0 Å². The number of hydrogen-bond donors (Lipinski definition) is 0. The minimum Gasteiger partial charge on any atom is -0.372 e. The minimum atomic E-state index is 0.557. The van der Waals surface area contributed by atoms with Crippen LogP contribution in [0.15, 0.2) is 31.4 Å². The van der Waals surface area contributed by atoms with Crippen molar-refractivity contribution < 1.29 is 0 Å². The van der Waals surface area contributed by atoms with Gasteiger partial charge in [-0.2, -0.15) is 0 Å². The van der Waals surface area contributed by atoms with Crippen LogP contribution in [0.5, 0.6) is 0 Å². The fourth-order valence-electron chi connectivity index (χ4n) is 1.48. The van der Waals surface area contributed by atoms with Gasteiger partial charge in [0, 0.05) is 18.8 Å². The van der Waals surface area contributed by atoms with E-state index in [9.17, 15) is 0 Å². The number of benzene rings is 1. The van der Waals surface area contributed by atoms with E-state index in [1.165, 1.54) is 16.8 Å². The predicted molar refractivity (Wildman–Crippen MR) is 70.7 cm³/mol. The van der Waals surface area contributed by atoms with Crippen LogP contribution in [-0.2, 0) is 0 Å². The minimum absolute atomic E-state index is 0.557. The Hall–Kier alpha value is -1.24. The average Bonchev–Trinajstić information content (AvgIpc) is 2.20. The molecule has 0 unspecified atom stereocenters. The summed E-state index contributed by atoms with van der Waals surface area (Å²) in [5, 5.41) is 0. The second-order valence-corrected chi connectivity index (χ2v) is 3.99. The van der Waals surface area contributed by atoms with E-state index in [1.807, 2.05) is 0 Å². The van der Waals surface area contributed by atoms with Gasteiger partial charge in [0.05, 0.1) is 0 Å². The first-order chi connectivity index (χ1) is 7.02. The lowest BCUT2D eigenvalue weighted by Gasteiger charge is -2.25. The SMILES string of the molecule is C=C.Cc1ccc(N(C)C(C)C)c(C)c1. The third-order valence-corrected chi connectivity index (χ3v) is 2.51. The van der Waals surface area contributed by atoms with Crippen molar-refractivity contribution in [1.29, 1.82) is 0 Å². The van der Waals surface area contributed by atoms with E-state index in [-0.39, 0.29) is 0 Å². The van der Waals surface area contributed by atoms with E-state index >= 15 is 0 Å². The Morgan fingerprint density at radius 2 is 1.67 bits per heavy atom. The maximum absolute atomic E-state index is 3.00. The molecule has 15 heavy (non-hydrogen) atoms. The molecule has 1 aromatic rings. The highest BCUT2D eigenvalue weighted by Gasteiger charge is 2.06. The average molecular weight is 205 g/mol. The Labute approximate surface area is 94.4 Å². The van der Waals surface area contributed by atoms with Gasteiger partial charge in [-0.1, -0.05) is 17.7 Å². The molecule has 84 valence electrons. The zero-order chi connectivity index (χ0) is 12.0. The Morgan fingerprint density at radius 1 is 1.13 bits per heavy atom. The molecule has 0 aliphatic carbocycles. The van der Waals surface area contributed by atoms with Crippen LogP contribution in [0, 0.1) is 13.8 Å². The van der Waals surface area contributed by atoms with E-state index in [0.717, 1.165) is 0 Å². The predicted octanol–water partition coefficient (Wildman–Crippen LogP) is 3.95. The van der Waals surface area contributed by atoms with Crippen molar-refractivity contribution in [2.24, 2.45) is 0 Å². The highest BCUT2D eigenvalue weighted by molar-refractivity contribution is 5.54. The van der Waals surface area contributed by atoms with Crippen LogP contribution in [0.4, 0.5) is 5.69 Å². The molecule has 1 nitrogen and oxygen atoms in total. The molecule has 1 heteroatoms. The normalized spacial score (nSPS) is 9.47. The van der Waals surface area contributed by atoms with E-state index in [2.05, 4.69) is 71.0 Å². The summed E-state index contributed by atoms with van der Waals surface area (Å²) in [6, 6.07) is 7.15. The monoisotopic (exact) mass is 205 g/mol. The second-order valence-electron chi connectivity index (χ2n) is 3.99. The smallest absolute Gasteiger partial charge is 0.0395 e. The topological polar surface area (TPSA) is 3.24 Å². The summed E-state index contributed by atoms with van der Waals surface area (Å²) < 4.78 is 0. The molecule has 1 rings (SSSR count). The third kappa shape index (κ3) is 3.78. The van der Waals surface area contributed by atoms with E-state index in [4.69, 9.17) is 0 Å². The Bertz CT molecular complexity index is 302. The standard InChI is InChI=1S/C12H19N.C2H4/c1-9(2)13(5)12-7-6-10(3)8-11(12)4;1-2/h6-9H,1-5H3;1-2H2. The van der Waals surface area contributed by atoms with Crippen molar-refractivity contribution in [3.8, 4) is 0 Å². The first kappa shape index (κ1) is 13.8. The van der Waals surface area contributed by atoms with Gasteiger partial charge in [0.2, 0.25) is 0 Å². The van der Waals surface area contributed by atoms with Crippen molar-refractivity contribution in [1.82, 2.24) is 0 Å². The lowest BCUT2D eigenvalue weighted by molar-refractivity contribution is 0.752. The van der Waals surface area contributed by atoms with Crippen molar-refractivity contribution in [2.75, 3.05) is 11.9 Å². The number of nitrogens with zero attached hydrogens (tertiary/aromatic N) is 1. The van der Waals surface area contributed by atoms with Crippen molar-refractivity contribution >= 4 is 5.69 Å². The van der Waals surface area contributed by atoms with Crippen LogP contribution in [0.3, 0.4) is 0 Å². The molecule has 0 heterocycles. The highest BCUT2D eigenvalue weighted by atomic mass is 15.1. The van der Waals surface area contributed by atoms with Gasteiger partial charge < -0.3 is 4.90 Å². The van der Waals surface area contributed by atoms with Crippen molar-refractivity contribution in [3.05, 3.63) is 42.5 Å². The first-order valence-electron chi connectivity index (χ1n) is 5.32. The van der Waals surface area contributed by atoms with Crippen molar-refractivity contribution in [2.45, 2.75) is 33.7 Å². The zero-order valence-corrected chi connectivity index (χ0v) is 10.7. The molecule has 1 aromatic carbocycles. The molecular weight excluding hydrogens is 182 g/mol. The Kier molecular flexibility index (Phi) is 5.76. The zero-order valence-electron chi connectivity index (χ0n) is 10.7. The molecule has 0 fully saturated rings. The summed E-state index contributed by atoms with van der Waals surface area (Å²) in [6.07, 6.45) is 0. The molecule has 0 saturated heterocycles. The van der Waals surface area contributed by atoms with Gasteiger partial charge in [0.25, 0.3) is 0 Å². The molecule has 0 aromatic heterocycles. The summed E-state index contributed by atoms with van der Waals surface area (Å²) in [5.41, 5.74) is 4.02. The number of hydrogen-bond acceptors (Lipinski definition) is 1. The molecule has 0 saturated carbocycles. The van der Waals surface area contributed by atoms with Gasteiger partial charge >= 0.3 is 0 Å². The number of aryl methyl sites for hydroxylation is 2. The van der Waals surface area contributed by atoms with E-state index in [1.54, 1.807) is 0 Å². The van der Waals surface area contributed by atoms with Crippen LogP contribution in [0.1, 0.15) is 25.0 Å². The molecule has 0 aliphatic heterocycles. The second kappa shape index (κ2) is 6.28. The van der Waals surface area contributed by atoms with Crippen LogP contribution >= 0.6 is 0 Å². The lowest BCUT2D eigenvalue weighted by atomic mass is 10.1. The number of rotatable bonds is 2. The summed E-state index contributed by atoms with van der Waals surface area (Å²) in [5.74, 6) is 0. The first-order valence-corrected chi connectivity index (χ1v) is 5.32. The molecule has 0 aliphatic rings. The molecule has 0 spiro atoms. The molecule has 0 amide bonds. The molecule has 0 atom stereocenters. The Balaban J connectivity index is 0.000000921. The fraction of sp³-hybridized carbons (Fsp3) is 0.429. The third-order valence-electron chi connectivity index (χ3n) is 2.51. The van der Waals surface area contributed by atoms with Crippen LogP contribution in [-0.4, -0.2) is 13.1 Å². The molecule has 0 radical (unpaired) electrons. The summed E-state index contributed by atoms with van der Waals surface area (Å²) in [7, 11) is 2.14. The van der Waals surface area contributed by atoms with Crippen LogP contribution < -0.4 is 4.90 Å². The fourth-order valence-corrected chi connectivity index (χ4v) is 1.48. The largest absolute Gasteiger partial charge is 0.372 e. The van der Waals surface area contributed by atoms with Gasteiger partial charge in [-0.05, 0) is 39.3 Å². The summed E-state index contributed by atoms with van der Waals surface area (Å²) in [6.45, 7) is 14.7. The lowest BCUT2D eigenvalue weighted by Crippen LogP contribution is -2.26. The van der Waals surface area contributed by atoms with Crippen LogP contribution in [0.2, 0.25) is 0 Å². The number of anilines is 1. The van der Waals surface area contributed by atoms with Gasteiger partial charge in [0.15, 0.2) is 0 Å². The summed E-state index contributed by atoms with van der Waals surface area (Å²) >= 11 is 0. The molecule has 0 bridgehead atoms. The Morgan fingerprint density at radius 3 is 2.07 bits per heavy atom.